The third-order valence-corrected chi connectivity index (χ3v) is 6.11. The van der Waals surface area contributed by atoms with Crippen LogP contribution in [0.2, 0.25) is 5.02 Å². The normalized spacial score (nSPS) is 12.7. The standard InChI is InChI=1S/C25H25ClN8O2/c1-13(29-22(35)23-32-24(33-36-23)25(2,3)4)16-7-6-14(10-18(16)26)17-8-9-27-21-19(17)30-20(31-21)15-11-28-34(5)12-15/h6-13H,1-5H3,(H,29,35)(H,27,30,31)/t13-/m1/s1. The van der Waals surface area contributed by atoms with Crippen LogP contribution in [0.4, 0.5) is 0 Å². The Hall–Kier alpha value is -4.05. The lowest BCUT2D eigenvalue weighted by atomic mass is 9.96. The van der Waals surface area contributed by atoms with Crippen LogP contribution < -0.4 is 5.32 Å². The minimum atomic E-state index is -0.457. The first-order valence-electron chi connectivity index (χ1n) is 11.4. The molecule has 4 heterocycles. The van der Waals surface area contributed by atoms with Crippen molar-refractivity contribution in [1.29, 1.82) is 0 Å². The molecule has 0 spiro atoms. The van der Waals surface area contributed by atoms with Gasteiger partial charge in [-0.2, -0.15) is 10.1 Å². The molecule has 2 N–H and O–H groups in total. The second kappa shape index (κ2) is 8.87. The molecular weight excluding hydrogens is 480 g/mol. The van der Waals surface area contributed by atoms with Crippen LogP contribution in [0.5, 0.6) is 0 Å². The van der Waals surface area contributed by atoms with E-state index in [2.05, 4.69) is 30.5 Å². The van der Waals surface area contributed by atoms with Crippen LogP contribution in [0, 0.1) is 0 Å². The summed E-state index contributed by atoms with van der Waals surface area (Å²) < 4.78 is 6.87. The molecular formula is C25H25ClN8O2. The van der Waals surface area contributed by atoms with Gasteiger partial charge in [0.05, 0.1) is 17.8 Å². The number of hydrogen-bond acceptors (Lipinski definition) is 7. The molecule has 10 nitrogen and oxygen atoms in total. The van der Waals surface area contributed by atoms with E-state index >= 15 is 0 Å². The number of amides is 1. The van der Waals surface area contributed by atoms with Crippen LogP contribution in [-0.4, -0.2) is 40.8 Å². The zero-order valence-electron chi connectivity index (χ0n) is 20.5. The van der Waals surface area contributed by atoms with E-state index in [9.17, 15) is 4.79 Å². The summed E-state index contributed by atoms with van der Waals surface area (Å²) >= 11 is 6.67. The minimum Gasteiger partial charge on any atom is -0.341 e. The number of aryl methyl sites for hydroxylation is 1. The number of benzene rings is 1. The maximum Gasteiger partial charge on any atom is 0.315 e. The van der Waals surface area contributed by atoms with E-state index in [1.54, 1.807) is 17.1 Å². The maximum atomic E-state index is 12.7. The number of nitrogens with one attached hydrogen (secondary N) is 2. The number of H-pyrrole nitrogens is 1. The molecule has 0 fully saturated rings. The Kier molecular flexibility index (Phi) is 5.83. The molecule has 1 amide bonds. The van der Waals surface area contributed by atoms with Crippen molar-refractivity contribution < 1.29 is 9.32 Å². The second-order valence-corrected chi connectivity index (χ2v) is 10.1. The first-order valence-corrected chi connectivity index (χ1v) is 11.8. The van der Waals surface area contributed by atoms with Gasteiger partial charge in [-0.05, 0) is 30.2 Å². The van der Waals surface area contributed by atoms with Crippen LogP contribution in [0.1, 0.15) is 55.8 Å². The van der Waals surface area contributed by atoms with Gasteiger partial charge >= 0.3 is 11.8 Å². The fraction of sp³-hybridized carbons (Fsp3) is 0.280. The largest absolute Gasteiger partial charge is 0.341 e. The van der Waals surface area contributed by atoms with Crippen LogP contribution in [0.25, 0.3) is 33.7 Å². The maximum absolute atomic E-state index is 12.7. The van der Waals surface area contributed by atoms with Crippen molar-refractivity contribution in [3.8, 4) is 22.5 Å². The number of carbonyl (C=O) groups excluding carboxylic acids is 1. The SMILES string of the molecule is C[C@@H](NC(=O)c1nc(C(C)(C)C)no1)c1ccc(-c2ccnc3[nH]c(-c4cnn(C)c4)nc23)cc1Cl. The van der Waals surface area contributed by atoms with Crippen molar-refractivity contribution in [2.24, 2.45) is 7.05 Å². The lowest BCUT2D eigenvalue weighted by Crippen LogP contribution is -2.27. The fourth-order valence-corrected chi connectivity index (χ4v) is 4.17. The highest BCUT2D eigenvalue weighted by atomic mass is 35.5. The molecule has 5 rings (SSSR count). The van der Waals surface area contributed by atoms with Gasteiger partial charge in [0, 0.05) is 35.4 Å². The minimum absolute atomic E-state index is 0.0818. The highest BCUT2D eigenvalue weighted by molar-refractivity contribution is 6.31. The average molecular weight is 505 g/mol. The van der Waals surface area contributed by atoms with Crippen molar-refractivity contribution in [3.63, 3.8) is 0 Å². The van der Waals surface area contributed by atoms with Crippen molar-refractivity contribution >= 4 is 28.7 Å². The Morgan fingerprint density at radius 3 is 2.67 bits per heavy atom. The topological polar surface area (TPSA) is 127 Å². The molecule has 11 heteroatoms. The number of carbonyl (C=O) groups is 1. The molecule has 36 heavy (non-hydrogen) atoms. The molecule has 0 aliphatic heterocycles. The van der Waals surface area contributed by atoms with Gasteiger partial charge in [-0.25, -0.2) is 9.97 Å². The molecule has 1 atom stereocenters. The third-order valence-electron chi connectivity index (χ3n) is 5.78. The summed E-state index contributed by atoms with van der Waals surface area (Å²) in [4.78, 5) is 29.3. The predicted molar refractivity (Wildman–Crippen MR) is 135 cm³/mol. The summed E-state index contributed by atoms with van der Waals surface area (Å²) in [5.74, 6) is 0.617. The molecule has 0 radical (unpaired) electrons. The van der Waals surface area contributed by atoms with Gasteiger partial charge in [0.25, 0.3) is 0 Å². The highest BCUT2D eigenvalue weighted by Gasteiger charge is 2.25. The summed E-state index contributed by atoms with van der Waals surface area (Å²) in [5, 5.41) is 11.5. The van der Waals surface area contributed by atoms with Gasteiger partial charge in [-0.3, -0.25) is 9.48 Å². The summed E-state index contributed by atoms with van der Waals surface area (Å²) in [6, 6.07) is 7.20. The van der Waals surface area contributed by atoms with Crippen molar-refractivity contribution in [2.45, 2.75) is 39.2 Å². The van der Waals surface area contributed by atoms with Gasteiger partial charge in [-0.1, -0.05) is 49.7 Å². The molecule has 1 aromatic carbocycles. The number of fused-ring (bicyclic) bond motifs is 1. The molecule has 0 saturated carbocycles. The van der Waals surface area contributed by atoms with E-state index in [4.69, 9.17) is 21.1 Å². The molecule has 0 aliphatic carbocycles. The zero-order valence-corrected chi connectivity index (χ0v) is 21.3. The van der Waals surface area contributed by atoms with Crippen LogP contribution in [0.15, 0.2) is 47.4 Å². The summed E-state index contributed by atoms with van der Waals surface area (Å²) in [6.07, 6.45) is 5.36. The highest BCUT2D eigenvalue weighted by Crippen LogP contribution is 2.33. The molecule has 4 aromatic heterocycles. The monoisotopic (exact) mass is 504 g/mol. The van der Waals surface area contributed by atoms with E-state index in [1.165, 1.54) is 0 Å². The fourth-order valence-electron chi connectivity index (χ4n) is 3.83. The predicted octanol–water partition coefficient (Wildman–Crippen LogP) is 4.85. The number of halogens is 1. The van der Waals surface area contributed by atoms with Crippen molar-refractivity contribution in [1.82, 2.24) is 40.2 Å². The van der Waals surface area contributed by atoms with E-state index in [-0.39, 0.29) is 17.3 Å². The number of rotatable bonds is 5. The van der Waals surface area contributed by atoms with Gasteiger partial charge in [0.2, 0.25) is 0 Å². The number of aromatic amines is 1. The first kappa shape index (κ1) is 23.7. The Morgan fingerprint density at radius 1 is 1.19 bits per heavy atom. The summed E-state index contributed by atoms with van der Waals surface area (Å²) in [7, 11) is 1.86. The van der Waals surface area contributed by atoms with Crippen molar-refractivity contribution in [3.05, 3.63) is 65.2 Å². The van der Waals surface area contributed by atoms with Gasteiger partial charge in [0.1, 0.15) is 11.3 Å². The quantitative estimate of drug-likeness (QED) is 0.350. The van der Waals surface area contributed by atoms with Gasteiger partial charge in [0.15, 0.2) is 11.5 Å². The number of hydrogen-bond donors (Lipinski definition) is 2. The summed E-state index contributed by atoms with van der Waals surface area (Å²) in [5.41, 5.74) is 4.47. The Morgan fingerprint density at radius 2 is 2.00 bits per heavy atom. The number of pyridine rings is 1. The Bertz CT molecular complexity index is 1580. The molecule has 0 saturated heterocycles. The molecule has 184 valence electrons. The average Bonchev–Trinajstić information content (AvgIpc) is 3.57. The van der Waals surface area contributed by atoms with Gasteiger partial charge in [-0.15, -0.1) is 0 Å². The molecule has 0 unspecified atom stereocenters. The first-order chi connectivity index (χ1) is 17.1. The molecule has 0 bridgehead atoms. The van der Waals surface area contributed by atoms with E-state index in [1.807, 2.05) is 65.2 Å². The molecule has 0 aliphatic rings. The number of imidazole rings is 1. The van der Waals surface area contributed by atoms with E-state index < -0.39 is 5.91 Å². The zero-order chi connectivity index (χ0) is 25.6. The molecule has 5 aromatic rings. The van der Waals surface area contributed by atoms with Gasteiger partial charge < -0.3 is 14.8 Å². The lowest BCUT2D eigenvalue weighted by molar-refractivity contribution is 0.0895. The smallest absolute Gasteiger partial charge is 0.315 e. The number of nitrogens with zero attached hydrogens (tertiary/aromatic N) is 6. The van der Waals surface area contributed by atoms with Crippen LogP contribution in [0.3, 0.4) is 0 Å². The third kappa shape index (κ3) is 4.47. The van der Waals surface area contributed by atoms with E-state index in [0.717, 1.165) is 27.8 Å². The van der Waals surface area contributed by atoms with Crippen molar-refractivity contribution in [2.75, 3.05) is 0 Å². The summed E-state index contributed by atoms with van der Waals surface area (Å²) in [6.45, 7) is 7.69. The Balaban J connectivity index is 1.39. The lowest BCUT2D eigenvalue weighted by Gasteiger charge is -2.15. The van der Waals surface area contributed by atoms with Crippen LogP contribution in [-0.2, 0) is 12.5 Å². The van der Waals surface area contributed by atoms with Crippen LogP contribution >= 0.6 is 11.6 Å². The second-order valence-electron chi connectivity index (χ2n) is 9.65. The number of aromatic nitrogens is 7. The van der Waals surface area contributed by atoms with E-state index in [0.29, 0.717) is 22.3 Å². The Labute approximate surface area is 212 Å².